The van der Waals surface area contributed by atoms with Gasteiger partial charge in [-0.25, -0.2) is 0 Å². The van der Waals surface area contributed by atoms with Crippen LogP contribution in [-0.2, 0) is 4.79 Å². The number of amides is 1. The maximum absolute atomic E-state index is 12.3. The normalized spacial score (nSPS) is 16.6. The molecule has 3 N–H and O–H groups in total. The molecule has 4 heteroatoms. The fourth-order valence-corrected chi connectivity index (χ4v) is 2.20. The summed E-state index contributed by atoms with van der Waals surface area (Å²) in [6, 6.07) is 0. The molecule has 0 aliphatic heterocycles. The third-order valence-corrected chi connectivity index (χ3v) is 3.82. The highest BCUT2D eigenvalue weighted by atomic mass is 16.3. The molecular weight excluding hydrogens is 266 g/mol. The Hall–Kier alpha value is -0.610. The molecule has 3 atom stereocenters. The first kappa shape index (κ1) is 20.4. The van der Waals surface area contributed by atoms with Crippen molar-refractivity contribution in [3.63, 3.8) is 0 Å². The van der Waals surface area contributed by atoms with E-state index in [2.05, 4.69) is 5.32 Å². The molecule has 0 spiro atoms. The highest BCUT2D eigenvalue weighted by Gasteiger charge is 2.29. The Kier molecular flexibility index (Phi) is 9.14. The van der Waals surface area contributed by atoms with Gasteiger partial charge in [0.05, 0.1) is 18.1 Å². The largest absolute Gasteiger partial charge is 0.393 e. The molecule has 126 valence electrons. The van der Waals surface area contributed by atoms with E-state index in [0.29, 0.717) is 31.7 Å². The van der Waals surface area contributed by atoms with Gasteiger partial charge in [0.15, 0.2) is 0 Å². The van der Waals surface area contributed by atoms with E-state index in [4.69, 9.17) is 0 Å². The van der Waals surface area contributed by atoms with Crippen molar-refractivity contribution >= 4 is 5.91 Å². The number of aliphatic hydroxyl groups excluding tert-OH is 2. The minimum Gasteiger partial charge on any atom is -0.393 e. The average molecular weight is 301 g/mol. The van der Waals surface area contributed by atoms with E-state index in [0.717, 1.165) is 6.42 Å². The van der Waals surface area contributed by atoms with Gasteiger partial charge in [-0.05, 0) is 30.6 Å². The van der Waals surface area contributed by atoms with E-state index < -0.39 is 18.1 Å². The summed E-state index contributed by atoms with van der Waals surface area (Å²) in [5.74, 6) is -0.135. The minimum atomic E-state index is -0.630. The van der Waals surface area contributed by atoms with Crippen LogP contribution in [0.1, 0.15) is 67.2 Å². The summed E-state index contributed by atoms with van der Waals surface area (Å²) in [5, 5.41) is 23.3. The van der Waals surface area contributed by atoms with Crippen molar-refractivity contribution in [2.24, 2.45) is 17.3 Å². The van der Waals surface area contributed by atoms with E-state index in [-0.39, 0.29) is 11.3 Å². The first-order valence-corrected chi connectivity index (χ1v) is 8.23. The van der Waals surface area contributed by atoms with E-state index in [1.165, 1.54) is 0 Å². The highest BCUT2D eigenvalue weighted by molar-refractivity contribution is 5.79. The summed E-state index contributed by atoms with van der Waals surface area (Å²) in [4.78, 5) is 12.3. The van der Waals surface area contributed by atoms with Gasteiger partial charge in [0.2, 0.25) is 5.91 Å². The summed E-state index contributed by atoms with van der Waals surface area (Å²) in [5.41, 5.74) is -0.200. The third kappa shape index (κ3) is 8.42. The van der Waals surface area contributed by atoms with Gasteiger partial charge in [-0.2, -0.15) is 0 Å². The Morgan fingerprint density at radius 3 is 2.10 bits per heavy atom. The smallest absolute Gasteiger partial charge is 0.225 e. The molecule has 0 rings (SSSR count). The van der Waals surface area contributed by atoms with E-state index in [1.54, 1.807) is 0 Å². The van der Waals surface area contributed by atoms with E-state index >= 15 is 0 Å². The lowest BCUT2D eigenvalue weighted by atomic mass is 9.83. The number of hydrogen-bond acceptors (Lipinski definition) is 3. The second-order valence-electron chi connectivity index (χ2n) is 7.56. The number of carbonyl (C=O) groups is 1. The number of nitrogens with one attached hydrogen (secondary N) is 1. The van der Waals surface area contributed by atoms with Crippen LogP contribution < -0.4 is 5.32 Å². The Labute approximate surface area is 130 Å². The Bertz CT molecular complexity index is 297. The number of rotatable bonds is 9. The zero-order chi connectivity index (χ0) is 16.6. The molecule has 0 aromatic rings. The van der Waals surface area contributed by atoms with Gasteiger partial charge < -0.3 is 15.5 Å². The van der Waals surface area contributed by atoms with Crippen molar-refractivity contribution < 1.29 is 15.0 Å². The quantitative estimate of drug-likeness (QED) is 0.613. The first-order chi connectivity index (χ1) is 9.59. The van der Waals surface area contributed by atoms with Crippen molar-refractivity contribution in [2.45, 2.75) is 79.4 Å². The van der Waals surface area contributed by atoms with Crippen LogP contribution in [0.15, 0.2) is 0 Å². The van der Waals surface area contributed by atoms with Crippen LogP contribution in [0.5, 0.6) is 0 Å². The highest BCUT2D eigenvalue weighted by Crippen LogP contribution is 2.26. The molecule has 0 aromatic carbocycles. The zero-order valence-electron chi connectivity index (χ0n) is 14.6. The van der Waals surface area contributed by atoms with Crippen LogP contribution >= 0.6 is 0 Å². The van der Waals surface area contributed by atoms with Gasteiger partial charge in [0.25, 0.3) is 0 Å². The molecule has 0 bridgehead atoms. The fourth-order valence-electron chi connectivity index (χ4n) is 2.20. The monoisotopic (exact) mass is 301 g/mol. The second kappa shape index (κ2) is 9.42. The zero-order valence-corrected chi connectivity index (χ0v) is 14.6. The number of aliphatic hydroxyl groups is 2. The Morgan fingerprint density at radius 1 is 1.10 bits per heavy atom. The van der Waals surface area contributed by atoms with Crippen molar-refractivity contribution in [3.05, 3.63) is 0 Å². The van der Waals surface area contributed by atoms with Gasteiger partial charge in [-0.1, -0.05) is 48.0 Å². The molecule has 0 unspecified atom stereocenters. The summed E-state index contributed by atoms with van der Waals surface area (Å²) < 4.78 is 0. The Balaban J connectivity index is 4.63. The molecule has 0 aromatic heterocycles. The maximum atomic E-state index is 12.3. The Morgan fingerprint density at radius 2 is 1.67 bits per heavy atom. The van der Waals surface area contributed by atoms with Crippen LogP contribution in [-0.4, -0.2) is 34.9 Å². The standard InChI is InChI=1S/C17H35NO3/c1-7-8-14(19)13(16(21)18-11-12(2)3)9-10-15(20)17(4,5)6/h12-15,19-20H,7-11H2,1-6H3,(H,18,21)/t13-,14-,15+/m0/s1. The number of hydrogen-bond donors (Lipinski definition) is 3. The van der Waals surface area contributed by atoms with Crippen LogP contribution in [0.3, 0.4) is 0 Å². The molecule has 0 saturated carbocycles. The van der Waals surface area contributed by atoms with Crippen LogP contribution in [0.4, 0.5) is 0 Å². The van der Waals surface area contributed by atoms with Crippen LogP contribution in [0.25, 0.3) is 0 Å². The molecule has 0 heterocycles. The third-order valence-electron chi connectivity index (χ3n) is 3.82. The molecule has 21 heavy (non-hydrogen) atoms. The molecule has 0 saturated heterocycles. The molecule has 1 amide bonds. The molecule has 0 aliphatic carbocycles. The maximum Gasteiger partial charge on any atom is 0.225 e. The summed E-state index contributed by atoms with van der Waals surface area (Å²) >= 11 is 0. The van der Waals surface area contributed by atoms with Gasteiger partial charge in [0.1, 0.15) is 0 Å². The van der Waals surface area contributed by atoms with Crippen molar-refractivity contribution in [1.82, 2.24) is 5.32 Å². The fraction of sp³-hybridized carbons (Fsp3) is 0.941. The minimum absolute atomic E-state index is 0.0919. The molecule has 0 fully saturated rings. The van der Waals surface area contributed by atoms with Crippen molar-refractivity contribution in [3.8, 4) is 0 Å². The van der Waals surface area contributed by atoms with E-state index in [1.807, 2.05) is 41.5 Å². The lowest BCUT2D eigenvalue weighted by Crippen LogP contribution is -2.40. The molecular formula is C17H35NO3. The lowest BCUT2D eigenvalue weighted by molar-refractivity contribution is -0.129. The second-order valence-corrected chi connectivity index (χ2v) is 7.56. The van der Waals surface area contributed by atoms with Crippen LogP contribution in [0, 0.1) is 17.3 Å². The molecule has 4 nitrogen and oxygen atoms in total. The van der Waals surface area contributed by atoms with Gasteiger partial charge in [0, 0.05) is 6.54 Å². The van der Waals surface area contributed by atoms with Crippen molar-refractivity contribution in [2.75, 3.05) is 6.54 Å². The summed E-state index contributed by atoms with van der Waals surface area (Å²) in [6.07, 6.45) is 1.41. The van der Waals surface area contributed by atoms with Crippen LogP contribution in [0.2, 0.25) is 0 Å². The first-order valence-electron chi connectivity index (χ1n) is 8.23. The van der Waals surface area contributed by atoms with Gasteiger partial charge in [-0.15, -0.1) is 0 Å². The summed E-state index contributed by atoms with van der Waals surface area (Å²) in [6.45, 7) is 12.6. The molecule has 0 aliphatic rings. The summed E-state index contributed by atoms with van der Waals surface area (Å²) in [7, 11) is 0. The number of carbonyl (C=O) groups excluding carboxylic acids is 1. The predicted octanol–water partition coefficient (Wildman–Crippen LogP) is 2.72. The topological polar surface area (TPSA) is 69.6 Å². The van der Waals surface area contributed by atoms with Crippen molar-refractivity contribution in [1.29, 1.82) is 0 Å². The SMILES string of the molecule is CCC[C@H](O)[C@H](CC[C@@H](O)C(C)(C)C)C(=O)NCC(C)C. The van der Waals surface area contributed by atoms with E-state index in [9.17, 15) is 15.0 Å². The average Bonchev–Trinajstić information content (AvgIpc) is 2.35. The molecule has 0 radical (unpaired) electrons. The lowest BCUT2D eigenvalue weighted by Gasteiger charge is -2.29. The van der Waals surface area contributed by atoms with Gasteiger partial charge in [-0.3, -0.25) is 4.79 Å². The predicted molar refractivity (Wildman–Crippen MR) is 86.9 cm³/mol. The van der Waals surface area contributed by atoms with Gasteiger partial charge >= 0.3 is 0 Å².